The van der Waals surface area contributed by atoms with Crippen LogP contribution in [0.15, 0.2) is 12.1 Å². The van der Waals surface area contributed by atoms with Crippen LogP contribution >= 0.6 is 0 Å². The molecule has 1 atom stereocenters. The van der Waals surface area contributed by atoms with E-state index in [0.29, 0.717) is 17.9 Å². The van der Waals surface area contributed by atoms with E-state index in [0.717, 1.165) is 17.9 Å². The van der Waals surface area contributed by atoms with Gasteiger partial charge in [-0.3, -0.25) is 0 Å². The summed E-state index contributed by atoms with van der Waals surface area (Å²) in [5.41, 5.74) is 0.972. The molecule has 1 aromatic rings. The zero-order valence-electron chi connectivity index (χ0n) is 11.9. The van der Waals surface area contributed by atoms with Crippen LogP contribution in [0.1, 0.15) is 24.9 Å². The number of rotatable bonds is 7. The van der Waals surface area contributed by atoms with Gasteiger partial charge in [-0.15, -0.1) is 12.3 Å². The van der Waals surface area contributed by atoms with E-state index in [4.69, 9.17) is 20.6 Å². The van der Waals surface area contributed by atoms with Crippen molar-refractivity contribution < 1.29 is 14.2 Å². The van der Waals surface area contributed by atoms with Gasteiger partial charge in [-0.1, -0.05) is 6.92 Å². The van der Waals surface area contributed by atoms with Crippen molar-refractivity contribution in [3.63, 3.8) is 0 Å². The number of methoxy groups -OCH3 is 3. The van der Waals surface area contributed by atoms with Gasteiger partial charge in [0.05, 0.1) is 21.3 Å². The highest BCUT2D eigenvalue weighted by Gasteiger charge is 2.18. The summed E-state index contributed by atoms with van der Waals surface area (Å²) in [5.74, 6) is 4.72. The highest BCUT2D eigenvalue weighted by atomic mass is 16.5. The fraction of sp³-hybridized carbons (Fsp3) is 0.467. The Morgan fingerprint density at radius 2 is 1.68 bits per heavy atom. The predicted molar refractivity (Wildman–Crippen MR) is 76.0 cm³/mol. The van der Waals surface area contributed by atoms with Crippen LogP contribution in [0.3, 0.4) is 0 Å². The molecule has 1 rings (SSSR count). The first-order chi connectivity index (χ1) is 9.21. The van der Waals surface area contributed by atoms with Crippen LogP contribution in [0.2, 0.25) is 0 Å². The monoisotopic (exact) mass is 263 g/mol. The molecular weight excluding hydrogens is 242 g/mol. The summed E-state index contributed by atoms with van der Waals surface area (Å²) in [4.78, 5) is 0. The summed E-state index contributed by atoms with van der Waals surface area (Å²) < 4.78 is 16.0. The maximum atomic E-state index is 5.43. The lowest BCUT2D eigenvalue weighted by Gasteiger charge is -2.20. The van der Waals surface area contributed by atoms with Gasteiger partial charge in [-0.2, -0.15) is 0 Å². The standard InChI is InChI=1S/C15H21NO3/c1-6-8-12(16-7-2)11-9-14(18-4)15(19-5)10-13(11)17-3/h1,9-10,12,16H,7-8H2,2-5H3. The lowest BCUT2D eigenvalue weighted by atomic mass is 10.0. The average molecular weight is 263 g/mol. The highest BCUT2D eigenvalue weighted by molar-refractivity contribution is 5.52. The van der Waals surface area contributed by atoms with Crippen molar-refractivity contribution in [3.8, 4) is 29.6 Å². The summed E-state index contributed by atoms with van der Waals surface area (Å²) in [7, 11) is 4.83. The number of ether oxygens (including phenoxy) is 3. The third-order valence-electron chi connectivity index (χ3n) is 2.88. The fourth-order valence-corrected chi connectivity index (χ4v) is 1.98. The molecule has 0 spiro atoms. The molecule has 0 aliphatic rings. The molecule has 4 heteroatoms. The van der Waals surface area contributed by atoms with Gasteiger partial charge in [0.15, 0.2) is 11.5 Å². The van der Waals surface area contributed by atoms with Crippen molar-refractivity contribution in [2.45, 2.75) is 19.4 Å². The molecule has 0 amide bonds. The minimum absolute atomic E-state index is 0.0322. The van der Waals surface area contributed by atoms with Gasteiger partial charge in [-0.25, -0.2) is 0 Å². The SMILES string of the molecule is C#CCC(NCC)c1cc(OC)c(OC)cc1OC. The van der Waals surface area contributed by atoms with Gasteiger partial charge >= 0.3 is 0 Å². The van der Waals surface area contributed by atoms with Crippen molar-refractivity contribution in [1.29, 1.82) is 0 Å². The van der Waals surface area contributed by atoms with E-state index in [-0.39, 0.29) is 6.04 Å². The third kappa shape index (κ3) is 3.55. The summed E-state index contributed by atoms with van der Waals surface area (Å²) in [6.45, 7) is 2.86. The highest BCUT2D eigenvalue weighted by Crippen LogP contribution is 2.38. The number of hydrogen-bond acceptors (Lipinski definition) is 4. The lowest BCUT2D eigenvalue weighted by molar-refractivity contribution is 0.345. The Balaban J connectivity index is 3.26. The number of terminal acetylenes is 1. The fourth-order valence-electron chi connectivity index (χ4n) is 1.98. The number of benzene rings is 1. The second-order valence-electron chi connectivity index (χ2n) is 3.97. The number of nitrogens with one attached hydrogen (secondary N) is 1. The van der Waals surface area contributed by atoms with E-state index in [2.05, 4.69) is 11.2 Å². The second-order valence-corrected chi connectivity index (χ2v) is 3.97. The van der Waals surface area contributed by atoms with E-state index >= 15 is 0 Å². The molecule has 19 heavy (non-hydrogen) atoms. The van der Waals surface area contributed by atoms with Crippen molar-refractivity contribution in [2.24, 2.45) is 0 Å². The maximum absolute atomic E-state index is 5.43. The largest absolute Gasteiger partial charge is 0.496 e. The Kier molecular flexibility index (Phi) is 6.04. The molecule has 104 valence electrons. The zero-order valence-corrected chi connectivity index (χ0v) is 11.9. The quantitative estimate of drug-likeness (QED) is 0.767. The molecule has 0 radical (unpaired) electrons. The molecule has 0 aromatic heterocycles. The van der Waals surface area contributed by atoms with Gasteiger partial charge in [0.1, 0.15) is 5.75 Å². The Morgan fingerprint density at radius 3 is 2.16 bits per heavy atom. The summed E-state index contributed by atoms with van der Waals surface area (Å²) in [6, 6.07) is 3.75. The average Bonchev–Trinajstić information content (AvgIpc) is 2.45. The molecule has 0 heterocycles. The van der Waals surface area contributed by atoms with Crippen LogP contribution < -0.4 is 19.5 Å². The molecule has 0 saturated carbocycles. The summed E-state index contributed by atoms with van der Waals surface area (Å²) in [5, 5.41) is 3.34. The first-order valence-corrected chi connectivity index (χ1v) is 6.18. The van der Waals surface area contributed by atoms with Gasteiger partial charge in [0.25, 0.3) is 0 Å². The molecular formula is C15H21NO3. The molecule has 1 N–H and O–H groups in total. The van der Waals surface area contributed by atoms with Crippen LogP contribution in [0.4, 0.5) is 0 Å². The first kappa shape index (κ1) is 15.2. The Bertz CT molecular complexity index is 451. The molecule has 4 nitrogen and oxygen atoms in total. The van der Waals surface area contributed by atoms with Crippen LogP contribution in [0.25, 0.3) is 0 Å². The maximum Gasteiger partial charge on any atom is 0.164 e. The molecule has 1 unspecified atom stereocenters. The van der Waals surface area contributed by atoms with Crippen molar-refractivity contribution in [2.75, 3.05) is 27.9 Å². The van der Waals surface area contributed by atoms with Crippen LogP contribution in [-0.2, 0) is 0 Å². The first-order valence-electron chi connectivity index (χ1n) is 6.18. The van der Waals surface area contributed by atoms with Gasteiger partial charge in [0, 0.05) is 24.1 Å². The topological polar surface area (TPSA) is 39.7 Å². The van der Waals surface area contributed by atoms with Crippen molar-refractivity contribution in [1.82, 2.24) is 5.32 Å². The molecule has 0 bridgehead atoms. The van der Waals surface area contributed by atoms with E-state index in [1.807, 2.05) is 19.1 Å². The molecule has 0 saturated heterocycles. The van der Waals surface area contributed by atoms with Crippen LogP contribution in [-0.4, -0.2) is 27.9 Å². The summed E-state index contributed by atoms with van der Waals surface area (Å²) in [6.07, 6.45) is 6.01. The van der Waals surface area contributed by atoms with E-state index < -0.39 is 0 Å². The molecule has 0 aliphatic heterocycles. The smallest absolute Gasteiger partial charge is 0.164 e. The van der Waals surface area contributed by atoms with Gasteiger partial charge in [-0.05, 0) is 12.6 Å². The third-order valence-corrected chi connectivity index (χ3v) is 2.88. The lowest BCUT2D eigenvalue weighted by Crippen LogP contribution is -2.21. The van der Waals surface area contributed by atoms with E-state index in [1.165, 1.54) is 0 Å². The Labute approximate surface area is 115 Å². The van der Waals surface area contributed by atoms with Crippen molar-refractivity contribution in [3.05, 3.63) is 17.7 Å². The summed E-state index contributed by atoms with van der Waals surface area (Å²) >= 11 is 0. The second kappa shape index (κ2) is 7.55. The van der Waals surface area contributed by atoms with Gasteiger partial charge in [0.2, 0.25) is 0 Å². The Hall–Kier alpha value is -1.86. The molecule has 1 aromatic carbocycles. The zero-order chi connectivity index (χ0) is 14.3. The van der Waals surface area contributed by atoms with Gasteiger partial charge < -0.3 is 19.5 Å². The molecule has 0 aliphatic carbocycles. The molecule has 0 fully saturated rings. The van der Waals surface area contributed by atoms with Crippen molar-refractivity contribution >= 4 is 0 Å². The minimum atomic E-state index is 0.0322. The van der Waals surface area contributed by atoms with Crippen LogP contribution in [0, 0.1) is 12.3 Å². The number of hydrogen-bond donors (Lipinski definition) is 1. The normalized spacial score (nSPS) is 11.5. The van der Waals surface area contributed by atoms with Crippen LogP contribution in [0.5, 0.6) is 17.2 Å². The Morgan fingerprint density at radius 1 is 1.11 bits per heavy atom. The minimum Gasteiger partial charge on any atom is -0.496 e. The van der Waals surface area contributed by atoms with E-state index in [9.17, 15) is 0 Å². The van der Waals surface area contributed by atoms with E-state index in [1.54, 1.807) is 21.3 Å². The predicted octanol–water partition coefficient (Wildman–Crippen LogP) is 2.39.